The minimum atomic E-state index is -0.626. The SMILES string of the molecule is CC(C)(C)OC(=O)N1C[C@@H](N)C[C@H]1C(=O)N1CCCC1C#N. The summed E-state index contributed by atoms with van der Waals surface area (Å²) in [7, 11) is 0. The maximum absolute atomic E-state index is 12.7. The lowest BCUT2D eigenvalue weighted by Crippen LogP contribution is -2.50. The number of nitrogens with two attached hydrogens (primary N) is 1. The van der Waals surface area contributed by atoms with Gasteiger partial charge in [0.15, 0.2) is 0 Å². The van der Waals surface area contributed by atoms with Gasteiger partial charge in [0.2, 0.25) is 5.91 Å². The zero-order valence-electron chi connectivity index (χ0n) is 13.4. The molecule has 0 radical (unpaired) electrons. The second-order valence-corrected chi connectivity index (χ2v) is 6.96. The second-order valence-electron chi connectivity index (χ2n) is 6.96. The van der Waals surface area contributed by atoms with Crippen LogP contribution in [0.5, 0.6) is 0 Å². The quantitative estimate of drug-likeness (QED) is 0.773. The first-order valence-corrected chi connectivity index (χ1v) is 7.68. The van der Waals surface area contributed by atoms with E-state index in [1.807, 2.05) is 0 Å². The summed E-state index contributed by atoms with van der Waals surface area (Å²) in [5.74, 6) is -0.192. The molecule has 2 fully saturated rings. The van der Waals surface area contributed by atoms with Gasteiger partial charge in [0, 0.05) is 19.1 Å². The highest BCUT2D eigenvalue weighted by Crippen LogP contribution is 2.25. The summed E-state index contributed by atoms with van der Waals surface area (Å²) < 4.78 is 5.36. The molecule has 2 heterocycles. The first-order valence-electron chi connectivity index (χ1n) is 7.68. The number of nitrogens with zero attached hydrogens (tertiary/aromatic N) is 3. The monoisotopic (exact) mass is 308 g/mol. The summed E-state index contributed by atoms with van der Waals surface area (Å²) in [6, 6.07) is 0.881. The van der Waals surface area contributed by atoms with E-state index in [9.17, 15) is 9.59 Å². The highest BCUT2D eigenvalue weighted by Gasteiger charge is 2.44. The first-order chi connectivity index (χ1) is 10.2. The Morgan fingerprint density at radius 1 is 1.32 bits per heavy atom. The third-order valence-corrected chi connectivity index (χ3v) is 3.93. The van der Waals surface area contributed by atoms with E-state index in [-0.39, 0.29) is 11.9 Å². The molecule has 2 amide bonds. The molecule has 0 aromatic rings. The largest absolute Gasteiger partial charge is 0.444 e. The van der Waals surface area contributed by atoms with Crippen molar-refractivity contribution in [2.75, 3.05) is 13.1 Å². The van der Waals surface area contributed by atoms with Crippen molar-refractivity contribution >= 4 is 12.0 Å². The Morgan fingerprint density at radius 2 is 2.00 bits per heavy atom. The van der Waals surface area contributed by atoms with Crippen molar-refractivity contribution in [3.8, 4) is 6.07 Å². The number of hydrogen-bond donors (Lipinski definition) is 1. The van der Waals surface area contributed by atoms with Crippen molar-refractivity contribution in [1.82, 2.24) is 9.80 Å². The molecule has 0 bridgehead atoms. The van der Waals surface area contributed by atoms with Crippen molar-refractivity contribution in [3.63, 3.8) is 0 Å². The summed E-state index contributed by atoms with van der Waals surface area (Å²) in [5.41, 5.74) is 5.31. The topological polar surface area (TPSA) is 99.7 Å². The van der Waals surface area contributed by atoms with Crippen LogP contribution in [0.15, 0.2) is 0 Å². The summed E-state index contributed by atoms with van der Waals surface area (Å²) >= 11 is 0. The molecule has 7 heteroatoms. The number of ether oxygens (including phenoxy) is 1. The number of carbonyl (C=O) groups is 2. The smallest absolute Gasteiger partial charge is 0.411 e. The number of likely N-dealkylation sites (tertiary alicyclic amines) is 2. The predicted octanol–water partition coefficient (Wildman–Crippen LogP) is 0.838. The lowest BCUT2D eigenvalue weighted by Gasteiger charge is -2.30. The van der Waals surface area contributed by atoms with Gasteiger partial charge in [-0.2, -0.15) is 5.26 Å². The third kappa shape index (κ3) is 3.50. The Morgan fingerprint density at radius 3 is 2.59 bits per heavy atom. The van der Waals surface area contributed by atoms with Gasteiger partial charge in [-0.25, -0.2) is 4.79 Å². The van der Waals surface area contributed by atoms with E-state index in [1.165, 1.54) is 4.90 Å². The summed E-state index contributed by atoms with van der Waals surface area (Å²) in [6.45, 7) is 6.21. The minimum Gasteiger partial charge on any atom is -0.444 e. The van der Waals surface area contributed by atoms with Crippen LogP contribution in [-0.4, -0.2) is 58.6 Å². The maximum atomic E-state index is 12.7. The number of nitriles is 1. The van der Waals surface area contributed by atoms with Crippen molar-refractivity contribution in [2.45, 2.75) is 63.8 Å². The molecule has 0 aromatic carbocycles. The van der Waals surface area contributed by atoms with E-state index in [0.717, 1.165) is 6.42 Å². The van der Waals surface area contributed by atoms with Crippen LogP contribution >= 0.6 is 0 Å². The van der Waals surface area contributed by atoms with Crippen LogP contribution < -0.4 is 5.73 Å². The number of amides is 2. The fourth-order valence-electron chi connectivity index (χ4n) is 2.98. The average molecular weight is 308 g/mol. The van der Waals surface area contributed by atoms with Crippen LogP contribution in [0.1, 0.15) is 40.0 Å². The lowest BCUT2D eigenvalue weighted by atomic mass is 10.1. The molecule has 1 unspecified atom stereocenters. The Hall–Kier alpha value is -1.81. The van der Waals surface area contributed by atoms with Crippen LogP contribution in [0.25, 0.3) is 0 Å². The predicted molar refractivity (Wildman–Crippen MR) is 79.7 cm³/mol. The molecule has 0 spiro atoms. The van der Waals surface area contributed by atoms with Gasteiger partial charge >= 0.3 is 6.09 Å². The molecule has 2 aliphatic rings. The lowest BCUT2D eigenvalue weighted by molar-refractivity contribution is -0.135. The van der Waals surface area contributed by atoms with Gasteiger partial charge in [-0.1, -0.05) is 0 Å². The highest BCUT2D eigenvalue weighted by atomic mass is 16.6. The fraction of sp³-hybridized carbons (Fsp3) is 0.800. The van der Waals surface area contributed by atoms with Gasteiger partial charge in [0.1, 0.15) is 17.7 Å². The van der Waals surface area contributed by atoms with Crippen LogP contribution in [0.4, 0.5) is 4.79 Å². The molecule has 2 saturated heterocycles. The van der Waals surface area contributed by atoms with Gasteiger partial charge in [0.25, 0.3) is 0 Å². The molecule has 0 saturated carbocycles. The summed E-state index contributed by atoms with van der Waals surface area (Å²) in [6.07, 6.45) is 1.39. The van der Waals surface area contributed by atoms with Gasteiger partial charge in [0.05, 0.1) is 6.07 Å². The average Bonchev–Trinajstić information content (AvgIpc) is 3.01. The number of hydrogen-bond acceptors (Lipinski definition) is 5. The maximum Gasteiger partial charge on any atom is 0.411 e. The Bertz CT molecular complexity index is 494. The number of carbonyl (C=O) groups excluding carboxylic acids is 2. The van der Waals surface area contributed by atoms with E-state index < -0.39 is 23.8 Å². The fourth-order valence-corrected chi connectivity index (χ4v) is 2.98. The Balaban J connectivity index is 2.12. The molecule has 2 N–H and O–H groups in total. The van der Waals surface area contributed by atoms with Crippen molar-refractivity contribution in [1.29, 1.82) is 5.26 Å². The highest BCUT2D eigenvalue weighted by molar-refractivity contribution is 5.87. The van der Waals surface area contributed by atoms with E-state index >= 15 is 0 Å². The molecule has 2 rings (SSSR count). The Labute approximate surface area is 131 Å². The molecule has 122 valence electrons. The summed E-state index contributed by atoms with van der Waals surface area (Å²) in [5, 5.41) is 9.13. The van der Waals surface area contributed by atoms with E-state index in [4.69, 9.17) is 15.7 Å². The standard InChI is InChI=1S/C15H24N4O3/c1-15(2,3)22-14(21)19-9-10(17)7-12(19)13(20)18-6-4-5-11(18)8-16/h10-12H,4-7,9,17H2,1-3H3/t10-,11?,12-/m0/s1. The van der Waals surface area contributed by atoms with Crippen LogP contribution in [-0.2, 0) is 9.53 Å². The molecular formula is C15H24N4O3. The normalized spacial score (nSPS) is 28.6. The number of rotatable bonds is 1. The Kier molecular flexibility index (Phi) is 4.61. The second kappa shape index (κ2) is 6.13. The van der Waals surface area contributed by atoms with Crippen molar-refractivity contribution < 1.29 is 14.3 Å². The van der Waals surface area contributed by atoms with Crippen LogP contribution in [0.2, 0.25) is 0 Å². The van der Waals surface area contributed by atoms with Crippen molar-refractivity contribution in [2.24, 2.45) is 5.73 Å². The zero-order chi connectivity index (χ0) is 16.5. The molecule has 0 aromatic heterocycles. The van der Waals surface area contributed by atoms with Gasteiger partial charge in [-0.3, -0.25) is 9.69 Å². The van der Waals surface area contributed by atoms with Crippen LogP contribution in [0, 0.1) is 11.3 Å². The molecule has 2 aliphatic heterocycles. The van der Waals surface area contributed by atoms with Crippen molar-refractivity contribution in [3.05, 3.63) is 0 Å². The van der Waals surface area contributed by atoms with E-state index in [2.05, 4.69) is 6.07 Å². The summed E-state index contributed by atoms with van der Waals surface area (Å²) in [4.78, 5) is 28.0. The molecule has 0 aliphatic carbocycles. The molecule has 22 heavy (non-hydrogen) atoms. The third-order valence-electron chi connectivity index (χ3n) is 3.93. The van der Waals surface area contributed by atoms with E-state index in [0.29, 0.717) is 25.9 Å². The molecular weight excluding hydrogens is 284 g/mol. The van der Waals surface area contributed by atoms with Crippen LogP contribution in [0.3, 0.4) is 0 Å². The van der Waals surface area contributed by atoms with Gasteiger partial charge < -0.3 is 15.4 Å². The van der Waals surface area contributed by atoms with Gasteiger partial charge in [-0.15, -0.1) is 0 Å². The zero-order valence-corrected chi connectivity index (χ0v) is 13.4. The molecule has 7 nitrogen and oxygen atoms in total. The molecule has 3 atom stereocenters. The first kappa shape index (κ1) is 16.6. The minimum absolute atomic E-state index is 0.192. The van der Waals surface area contributed by atoms with E-state index in [1.54, 1.807) is 25.7 Å². The van der Waals surface area contributed by atoms with Gasteiger partial charge in [-0.05, 0) is 40.0 Å².